The molecule has 3 heterocycles. The SMILES string of the molecule is CCCCCOC(=O)Nc1nc(Cl)nc2c1ncn2[C@@H]1O[C@H](CCP(=O)(O)CP(=O)(O)O)C(O)C1O. The Bertz CT molecular complexity index is 1180. The molecule has 2 aromatic rings. The maximum atomic E-state index is 12.1. The lowest BCUT2D eigenvalue weighted by Crippen LogP contribution is -2.32. The van der Waals surface area contributed by atoms with Crippen LogP contribution in [0.5, 0.6) is 0 Å². The monoisotopic (exact) mass is 571 g/mol. The first kappa shape index (κ1) is 28.9. The summed E-state index contributed by atoms with van der Waals surface area (Å²) in [6.45, 7) is 2.23. The number of rotatable bonds is 11. The minimum atomic E-state index is -4.73. The Morgan fingerprint density at radius 2 is 1.94 bits per heavy atom. The molecule has 36 heavy (non-hydrogen) atoms. The van der Waals surface area contributed by atoms with Crippen molar-refractivity contribution in [2.45, 2.75) is 57.1 Å². The molecule has 3 unspecified atom stereocenters. The summed E-state index contributed by atoms with van der Waals surface area (Å²) in [4.78, 5) is 52.0. The molecule has 1 aliphatic rings. The van der Waals surface area contributed by atoms with Crippen molar-refractivity contribution in [2.24, 2.45) is 0 Å². The van der Waals surface area contributed by atoms with E-state index in [1.54, 1.807) is 0 Å². The number of carbonyl (C=O) groups is 1. The van der Waals surface area contributed by atoms with Crippen LogP contribution in [0.15, 0.2) is 6.33 Å². The fourth-order valence-electron chi connectivity index (χ4n) is 3.70. The molecule has 2 aromatic heterocycles. The van der Waals surface area contributed by atoms with Crippen molar-refractivity contribution in [3.05, 3.63) is 11.6 Å². The van der Waals surface area contributed by atoms with Gasteiger partial charge in [-0.15, -0.1) is 0 Å². The van der Waals surface area contributed by atoms with Crippen molar-refractivity contribution in [2.75, 3.05) is 24.0 Å². The molecule has 1 saturated heterocycles. The van der Waals surface area contributed by atoms with E-state index in [4.69, 9.17) is 30.9 Å². The average Bonchev–Trinajstić information content (AvgIpc) is 3.29. The van der Waals surface area contributed by atoms with Gasteiger partial charge in [0.25, 0.3) is 0 Å². The van der Waals surface area contributed by atoms with E-state index in [0.717, 1.165) is 12.8 Å². The number of hydrogen-bond donors (Lipinski definition) is 6. The Balaban J connectivity index is 1.75. The van der Waals surface area contributed by atoms with Gasteiger partial charge >= 0.3 is 13.7 Å². The van der Waals surface area contributed by atoms with Gasteiger partial charge < -0.3 is 34.4 Å². The first-order valence-corrected chi connectivity index (χ1v) is 15.2. The highest BCUT2D eigenvalue weighted by molar-refractivity contribution is 7.72. The molecule has 0 aliphatic carbocycles. The number of nitrogens with zero attached hydrogens (tertiary/aromatic N) is 4. The number of halogens is 1. The zero-order valence-corrected chi connectivity index (χ0v) is 21.7. The quantitative estimate of drug-likeness (QED) is 0.128. The summed E-state index contributed by atoms with van der Waals surface area (Å²) in [6, 6.07) is 0. The van der Waals surface area contributed by atoms with Crippen LogP contribution in [0.3, 0.4) is 0 Å². The molecule has 15 nitrogen and oxygen atoms in total. The van der Waals surface area contributed by atoms with Crippen LogP contribution in [0.25, 0.3) is 11.2 Å². The van der Waals surface area contributed by atoms with E-state index in [1.807, 2.05) is 6.92 Å². The van der Waals surface area contributed by atoms with Gasteiger partial charge in [0.15, 0.2) is 23.2 Å². The number of imidazole rings is 1. The van der Waals surface area contributed by atoms with E-state index in [9.17, 15) is 29.0 Å². The summed E-state index contributed by atoms with van der Waals surface area (Å²) in [5.41, 5.74) is 0.155. The van der Waals surface area contributed by atoms with Crippen molar-refractivity contribution < 1.29 is 48.3 Å². The third-order valence-corrected chi connectivity index (χ3v) is 9.74. The molecule has 5 atom stereocenters. The predicted molar refractivity (Wildman–Crippen MR) is 127 cm³/mol. The lowest BCUT2D eigenvalue weighted by atomic mass is 10.1. The number of nitrogens with one attached hydrogen (secondary N) is 1. The van der Waals surface area contributed by atoms with Crippen LogP contribution in [0.2, 0.25) is 5.28 Å². The summed E-state index contributed by atoms with van der Waals surface area (Å²) in [7, 11) is -8.94. The van der Waals surface area contributed by atoms with Crippen LogP contribution >= 0.6 is 26.6 Å². The first-order valence-electron chi connectivity index (χ1n) is 11.0. The number of aromatic nitrogens is 4. The number of hydrogen-bond acceptors (Lipinski definition) is 10. The van der Waals surface area contributed by atoms with Gasteiger partial charge in [-0.3, -0.25) is 19.0 Å². The number of fused-ring (bicyclic) bond motifs is 1. The molecule has 0 saturated carbocycles. The Labute approximate surface area is 210 Å². The maximum absolute atomic E-state index is 12.1. The van der Waals surface area contributed by atoms with Crippen LogP contribution in [0.4, 0.5) is 10.6 Å². The van der Waals surface area contributed by atoms with Gasteiger partial charge in [0.05, 0.1) is 19.0 Å². The zero-order valence-electron chi connectivity index (χ0n) is 19.2. The summed E-state index contributed by atoms with van der Waals surface area (Å²) < 4.78 is 35.2. The topological polar surface area (TPSA) is 226 Å². The number of ether oxygens (including phenoxy) is 2. The first-order chi connectivity index (χ1) is 16.8. The molecular formula is C18H28ClN5O10P2. The van der Waals surface area contributed by atoms with E-state index in [-0.39, 0.29) is 35.3 Å². The lowest BCUT2D eigenvalue weighted by Gasteiger charge is -2.18. The number of unbranched alkanes of at least 4 members (excludes halogenated alkanes) is 2. The van der Waals surface area contributed by atoms with Gasteiger partial charge in [-0.1, -0.05) is 19.8 Å². The van der Waals surface area contributed by atoms with Crippen LogP contribution in [0, 0.1) is 0 Å². The number of amides is 1. The second-order valence-electron chi connectivity index (χ2n) is 8.34. The van der Waals surface area contributed by atoms with Crippen LogP contribution in [-0.2, 0) is 18.6 Å². The Morgan fingerprint density at radius 3 is 2.61 bits per heavy atom. The normalized spacial score (nSPS) is 24.1. The number of aliphatic hydroxyl groups is 2. The highest BCUT2D eigenvalue weighted by Gasteiger charge is 2.45. The van der Waals surface area contributed by atoms with Gasteiger partial charge in [0, 0.05) is 6.16 Å². The highest BCUT2D eigenvalue weighted by Crippen LogP contribution is 2.55. The average molecular weight is 572 g/mol. The summed E-state index contributed by atoms with van der Waals surface area (Å²) >= 11 is 6.00. The molecule has 6 N–H and O–H groups in total. The molecule has 202 valence electrons. The Morgan fingerprint density at radius 1 is 1.22 bits per heavy atom. The molecule has 0 spiro atoms. The van der Waals surface area contributed by atoms with Gasteiger partial charge in [-0.2, -0.15) is 9.97 Å². The van der Waals surface area contributed by atoms with E-state index in [2.05, 4.69) is 20.3 Å². The molecule has 3 rings (SSSR count). The fraction of sp³-hybridized carbons (Fsp3) is 0.667. The van der Waals surface area contributed by atoms with Gasteiger partial charge in [-0.25, -0.2) is 9.78 Å². The van der Waals surface area contributed by atoms with E-state index < -0.39 is 57.7 Å². The number of aliphatic hydroxyl groups excluding tert-OH is 2. The van der Waals surface area contributed by atoms with Crippen molar-refractivity contribution in [3.8, 4) is 0 Å². The Hall–Kier alpha value is -1.67. The minimum Gasteiger partial charge on any atom is -0.449 e. The van der Waals surface area contributed by atoms with E-state index >= 15 is 0 Å². The van der Waals surface area contributed by atoms with Gasteiger partial charge in [-0.05, 0) is 24.4 Å². The molecular weight excluding hydrogens is 544 g/mol. The van der Waals surface area contributed by atoms with Crippen molar-refractivity contribution >= 4 is 49.6 Å². The summed E-state index contributed by atoms with van der Waals surface area (Å²) in [6.07, 6.45) is -3.18. The summed E-state index contributed by atoms with van der Waals surface area (Å²) in [5.74, 6) is -1.25. The molecule has 18 heteroatoms. The van der Waals surface area contributed by atoms with Crippen LogP contribution < -0.4 is 5.32 Å². The molecule has 0 aromatic carbocycles. The lowest BCUT2D eigenvalue weighted by molar-refractivity contribution is -0.0354. The molecule has 0 radical (unpaired) electrons. The number of anilines is 1. The fourth-order valence-corrected chi connectivity index (χ4v) is 7.39. The van der Waals surface area contributed by atoms with Crippen LogP contribution in [0.1, 0.15) is 38.8 Å². The molecule has 1 aliphatic heterocycles. The minimum absolute atomic E-state index is 0.0486. The second-order valence-corrected chi connectivity index (χ2v) is 13.3. The van der Waals surface area contributed by atoms with E-state index in [0.29, 0.717) is 6.42 Å². The Kier molecular flexibility index (Phi) is 9.47. The molecule has 1 fully saturated rings. The third kappa shape index (κ3) is 7.44. The smallest absolute Gasteiger partial charge is 0.412 e. The van der Waals surface area contributed by atoms with Crippen molar-refractivity contribution in [1.29, 1.82) is 0 Å². The maximum Gasteiger partial charge on any atom is 0.412 e. The molecule has 0 bridgehead atoms. The predicted octanol–water partition coefficient (Wildman–Crippen LogP) is 1.63. The van der Waals surface area contributed by atoms with Gasteiger partial charge in [0.1, 0.15) is 18.1 Å². The van der Waals surface area contributed by atoms with Crippen molar-refractivity contribution in [3.63, 3.8) is 0 Å². The standard InChI is InChI=1S/C18H28ClN5O10P2/c1-2-3-4-6-33-18(27)22-14-11-15(23-17(19)21-14)24(8-20-11)16-13(26)12(25)10(34-16)5-7-35(28,29)9-36(30,31)32/h8,10,12-13,16,25-26H,2-7,9H2,1H3,(H,28,29)(H2,30,31,32)(H,21,22,23,27)/t10-,12?,13?,16-/m1/s1. The second kappa shape index (κ2) is 11.8. The largest absolute Gasteiger partial charge is 0.449 e. The highest BCUT2D eigenvalue weighted by atomic mass is 35.5. The number of carbonyl (C=O) groups excluding carboxylic acids is 1. The summed E-state index contributed by atoms with van der Waals surface area (Å²) in [5, 5.41) is 23.2. The third-order valence-electron chi connectivity index (χ3n) is 5.38. The van der Waals surface area contributed by atoms with Crippen LogP contribution in [-0.4, -0.2) is 87.5 Å². The van der Waals surface area contributed by atoms with Gasteiger partial charge in [0.2, 0.25) is 12.7 Å². The zero-order chi connectivity index (χ0) is 26.7. The van der Waals surface area contributed by atoms with E-state index in [1.165, 1.54) is 10.9 Å². The molecule has 1 amide bonds. The van der Waals surface area contributed by atoms with Crippen molar-refractivity contribution in [1.82, 2.24) is 19.5 Å².